The van der Waals surface area contributed by atoms with Gasteiger partial charge in [-0.2, -0.15) is 0 Å². The average Bonchev–Trinajstić information content (AvgIpc) is 3.11. The Bertz CT molecular complexity index is 780. The van der Waals surface area contributed by atoms with E-state index in [1.54, 1.807) is 12.0 Å². The Labute approximate surface area is 164 Å². The Morgan fingerprint density at radius 3 is 2.54 bits per heavy atom. The van der Waals surface area contributed by atoms with E-state index in [2.05, 4.69) is 10.6 Å². The van der Waals surface area contributed by atoms with Crippen molar-refractivity contribution in [3.05, 3.63) is 54.6 Å². The van der Waals surface area contributed by atoms with Crippen molar-refractivity contribution >= 4 is 17.6 Å². The molecule has 2 aromatic rings. The number of carbonyl (C=O) groups excluding carboxylic acids is 2. The summed E-state index contributed by atoms with van der Waals surface area (Å²) in [6.45, 7) is 1.83. The molecular weight excluding hydrogens is 358 g/mol. The maximum absolute atomic E-state index is 12.3. The summed E-state index contributed by atoms with van der Waals surface area (Å²) in [4.78, 5) is 26.0. The van der Waals surface area contributed by atoms with Gasteiger partial charge >= 0.3 is 6.03 Å². The number of hydrogen-bond acceptors (Lipinski definition) is 4. The SMILES string of the molecule is COc1ccc(N2CC(CNC(=O)NCCOc3ccccc3)CC2=O)cc1. The van der Waals surface area contributed by atoms with E-state index in [0.29, 0.717) is 32.7 Å². The van der Waals surface area contributed by atoms with Crippen molar-refractivity contribution in [1.82, 2.24) is 10.6 Å². The van der Waals surface area contributed by atoms with E-state index in [4.69, 9.17) is 9.47 Å². The smallest absolute Gasteiger partial charge is 0.314 e. The van der Waals surface area contributed by atoms with Crippen molar-refractivity contribution in [2.45, 2.75) is 6.42 Å². The third-order valence-electron chi connectivity index (χ3n) is 4.54. The van der Waals surface area contributed by atoms with E-state index >= 15 is 0 Å². The summed E-state index contributed by atoms with van der Waals surface area (Å²) < 4.78 is 10.7. The van der Waals surface area contributed by atoms with Crippen LogP contribution >= 0.6 is 0 Å². The Morgan fingerprint density at radius 2 is 1.82 bits per heavy atom. The molecule has 0 radical (unpaired) electrons. The van der Waals surface area contributed by atoms with Crippen molar-refractivity contribution in [2.75, 3.05) is 38.3 Å². The second kappa shape index (κ2) is 9.64. The van der Waals surface area contributed by atoms with E-state index in [-0.39, 0.29) is 17.9 Å². The number of para-hydroxylation sites is 1. The molecule has 3 amide bonds. The normalized spacial score (nSPS) is 16.0. The highest BCUT2D eigenvalue weighted by Gasteiger charge is 2.30. The first-order chi connectivity index (χ1) is 13.7. The summed E-state index contributed by atoms with van der Waals surface area (Å²) in [5.41, 5.74) is 0.843. The van der Waals surface area contributed by atoms with E-state index in [0.717, 1.165) is 17.2 Å². The minimum atomic E-state index is -0.257. The maximum atomic E-state index is 12.3. The maximum Gasteiger partial charge on any atom is 0.314 e. The van der Waals surface area contributed by atoms with Gasteiger partial charge in [-0.25, -0.2) is 4.79 Å². The Morgan fingerprint density at radius 1 is 1.07 bits per heavy atom. The lowest BCUT2D eigenvalue weighted by molar-refractivity contribution is -0.117. The van der Waals surface area contributed by atoms with Crippen molar-refractivity contribution in [1.29, 1.82) is 0 Å². The van der Waals surface area contributed by atoms with Crippen LogP contribution in [0, 0.1) is 5.92 Å². The standard InChI is InChI=1S/C21H25N3O4/c1-27-18-9-7-17(8-10-18)24-15-16(13-20(24)25)14-23-21(26)22-11-12-28-19-5-3-2-4-6-19/h2-10,16H,11-15H2,1H3,(H2,22,23,26). The average molecular weight is 383 g/mol. The Balaban J connectivity index is 1.36. The number of urea groups is 1. The first kappa shape index (κ1) is 19.5. The number of anilines is 1. The fourth-order valence-electron chi connectivity index (χ4n) is 3.08. The minimum Gasteiger partial charge on any atom is -0.497 e. The monoisotopic (exact) mass is 383 g/mol. The number of nitrogens with zero attached hydrogens (tertiary/aromatic N) is 1. The van der Waals surface area contributed by atoms with E-state index in [1.807, 2.05) is 54.6 Å². The second-order valence-corrected chi connectivity index (χ2v) is 6.57. The molecule has 7 nitrogen and oxygen atoms in total. The minimum absolute atomic E-state index is 0.0636. The molecule has 2 N–H and O–H groups in total. The number of rotatable bonds is 8. The molecule has 148 valence electrons. The topological polar surface area (TPSA) is 79.9 Å². The summed E-state index contributed by atoms with van der Waals surface area (Å²) in [6.07, 6.45) is 0.420. The molecule has 0 bridgehead atoms. The molecule has 28 heavy (non-hydrogen) atoms. The molecule has 0 saturated carbocycles. The molecule has 0 aromatic heterocycles. The van der Waals surface area contributed by atoms with Gasteiger partial charge in [-0.15, -0.1) is 0 Å². The van der Waals surface area contributed by atoms with Crippen LogP contribution in [0.3, 0.4) is 0 Å². The van der Waals surface area contributed by atoms with Crippen LogP contribution < -0.4 is 25.0 Å². The van der Waals surface area contributed by atoms with Gasteiger partial charge in [-0.3, -0.25) is 4.79 Å². The van der Waals surface area contributed by atoms with Gasteiger partial charge in [0.25, 0.3) is 0 Å². The van der Waals surface area contributed by atoms with E-state index in [1.165, 1.54) is 0 Å². The number of amides is 3. The predicted molar refractivity (Wildman–Crippen MR) is 107 cm³/mol. The van der Waals surface area contributed by atoms with Crippen LogP contribution in [0.4, 0.5) is 10.5 Å². The molecule has 2 aromatic carbocycles. The summed E-state index contributed by atoms with van der Waals surface area (Å²) in [7, 11) is 1.61. The number of hydrogen-bond donors (Lipinski definition) is 2. The van der Waals surface area contributed by atoms with Gasteiger partial charge in [-0.1, -0.05) is 18.2 Å². The van der Waals surface area contributed by atoms with Crippen LogP contribution in [0.2, 0.25) is 0 Å². The predicted octanol–water partition coefficient (Wildman–Crippen LogP) is 2.43. The van der Waals surface area contributed by atoms with Crippen LogP contribution in [0.25, 0.3) is 0 Å². The zero-order chi connectivity index (χ0) is 19.8. The van der Waals surface area contributed by atoms with Crippen molar-refractivity contribution < 1.29 is 19.1 Å². The lowest BCUT2D eigenvalue weighted by Crippen LogP contribution is -2.40. The van der Waals surface area contributed by atoms with E-state index in [9.17, 15) is 9.59 Å². The molecular formula is C21H25N3O4. The molecule has 1 aliphatic rings. The highest BCUT2D eigenvalue weighted by Crippen LogP contribution is 2.26. The highest BCUT2D eigenvalue weighted by molar-refractivity contribution is 5.95. The highest BCUT2D eigenvalue weighted by atomic mass is 16.5. The lowest BCUT2D eigenvalue weighted by atomic mass is 10.1. The summed E-state index contributed by atoms with van der Waals surface area (Å²) in [5.74, 6) is 1.67. The Hall–Kier alpha value is -3.22. The first-order valence-corrected chi connectivity index (χ1v) is 9.29. The molecule has 1 unspecified atom stereocenters. The molecule has 7 heteroatoms. The number of carbonyl (C=O) groups is 2. The zero-order valence-electron chi connectivity index (χ0n) is 15.9. The molecule has 1 aliphatic heterocycles. The van der Waals surface area contributed by atoms with Crippen LogP contribution in [0.5, 0.6) is 11.5 Å². The molecule has 0 spiro atoms. The van der Waals surface area contributed by atoms with Gasteiger partial charge < -0.3 is 25.0 Å². The van der Waals surface area contributed by atoms with Crippen LogP contribution in [0.15, 0.2) is 54.6 Å². The third-order valence-corrected chi connectivity index (χ3v) is 4.54. The van der Waals surface area contributed by atoms with Crippen LogP contribution in [-0.4, -0.2) is 45.3 Å². The van der Waals surface area contributed by atoms with E-state index < -0.39 is 0 Å². The van der Waals surface area contributed by atoms with Gasteiger partial charge in [0.05, 0.1) is 13.7 Å². The van der Waals surface area contributed by atoms with Gasteiger partial charge in [0.15, 0.2) is 0 Å². The number of ether oxygens (including phenoxy) is 2. The summed E-state index contributed by atoms with van der Waals surface area (Å²) in [5, 5.41) is 5.59. The third kappa shape index (κ3) is 5.39. The van der Waals surface area contributed by atoms with Crippen LogP contribution in [-0.2, 0) is 4.79 Å². The summed E-state index contributed by atoms with van der Waals surface area (Å²) >= 11 is 0. The second-order valence-electron chi connectivity index (χ2n) is 6.57. The quantitative estimate of drug-likeness (QED) is 0.686. The fourth-order valence-corrected chi connectivity index (χ4v) is 3.08. The molecule has 1 atom stereocenters. The molecule has 0 aliphatic carbocycles. The Kier molecular flexibility index (Phi) is 6.73. The number of benzene rings is 2. The van der Waals surface area contributed by atoms with Gasteiger partial charge in [0, 0.05) is 31.1 Å². The molecule has 1 fully saturated rings. The van der Waals surface area contributed by atoms with Crippen LogP contribution in [0.1, 0.15) is 6.42 Å². The first-order valence-electron chi connectivity index (χ1n) is 9.29. The molecule has 3 rings (SSSR count). The van der Waals surface area contributed by atoms with Crippen molar-refractivity contribution in [3.63, 3.8) is 0 Å². The van der Waals surface area contributed by atoms with Gasteiger partial charge in [-0.05, 0) is 36.4 Å². The number of methoxy groups -OCH3 is 1. The van der Waals surface area contributed by atoms with Gasteiger partial charge in [0.1, 0.15) is 18.1 Å². The zero-order valence-corrected chi connectivity index (χ0v) is 15.9. The lowest BCUT2D eigenvalue weighted by Gasteiger charge is -2.17. The van der Waals surface area contributed by atoms with Crippen molar-refractivity contribution in [3.8, 4) is 11.5 Å². The number of nitrogens with one attached hydrogen (secondary N) is 2. The summed E-state index contributed by atoms with van der Waals surface area (Å²) in [6, 6.07) is 16.6. The fraction of sp³-hybridized carbons (Fsp3) is 0.333. The largest absolute Gasteiger partial charge is 0.497 e. The molecule has 1 heterocycles. The molecule has 1 saturated heterocycles. The van der Waals surface area contributed by atoms with Gasteiger partial charge in [0.2, 0.25) is 5.91 Å². The van der Waals surface area contributed by atoms with Crippen molar-refractivity contribution in [2.24, 2.45) is 5.92 Å².